The first-order chi connectivity index (χ1) is 11.6. The summed E-state index contributed by atoms with van der Waals surface area (Å²) in [6.07, 6.45) is 17.7. The van der Waals surface area contributed by atoms with Crippen molar-refractivity contribution >= 4 is 11.9 Å². The van der Waals surface area contributed by atoms with E-state index < -0.39 is 5.97 Å². The molecule has 0 saturated heterocycles. The number of unbranched alkanes of at least 4 members (excludes halogenated alkanes) is 13. The van der Waals surface area contributed by atoms with Crippen LogP contribution in [0.4, 0.5) is 0 Å². The third kappa shape index (κ3) is 25.9. The zero-order valence-corrected chi connectivity index (χ0v) is 16.2. The summed E-state index contributed by atoms with van der Waals surface area (Å²) in [6.45, 7) is 4.00. The van der Waals surface area contributed by atoms with E-state index in [2.05, 4.69) is 0 Å². The summed E-state index contributed by atoms with van der Waals surface area (Å²) in [5, 5.41) is 8.52. The summed E-state index contributed by atoms with van der Waals surface area (Å²) in [5.41, 5.74) is 5.10. The van der Waals surface area contributed by atoms with Gasteiger partial charge in [-0.05, 0) is 12.8 Å². The maximum Gasteiger partial charge on any atom is 0.303 e. The van der Waals surface area contributed by atoms with Crippen LogP contribution in [0.1, 0.15) is 117 Å². The molecule has 4 heteroatoms. The normalized spacial score (nSPS) is 10.1. The Morgan fingerprint density at radius 2 is 0.833 bits per heavy atom. The molecule has 0 aromatic carbocycles. The molecule has 3 N–H and O–H groups in total. The van der Waals surface area contributed by atoms with Crippen LogP contribution in [0.5, 0.6) is 0 Å². The van der Waals surface area contributed by atoms with Crippen molar-refractivity contribution < 1.29 is 14.7 Å². The van der Waals surface area contributed by atoms with Gasteiger partial charge < -0.3 is 10.8 Å². The van der Waals surface area contributed by atoms with Gasteiger partial charge in [-0.1, -0.05) is 90.9 Å². The van der Waals surface area contributed by atoms with Crippen molar-refractivity contribution in [3.05, 3.63) is 0 Å². The Morgan fingerprint density at radius 1 is 0.583 bits per heavy atom. The molecule has 0 rings (SSSR count). The molecule has 0 aliphatic heterocycles. The quantitative estimate of drug-likeness (QED) is 0.326. The molecule has 0 saturated carbocycles. The first-order valence-corrected chi connectivity index (χ1v) is 10.1. The number of hydrogen-bond acceptors (Lipinski definition) is 2. The van der Waals surface area contributed by atoms with Crippen LogP contribution in [0, 0.1) is 0 Å². The third-order valence-electron chi connectivity index (χ3n) is 4.06. The summed E-state index contributed by atoms with van der Waals surface area (Å²) >= 11 is 0. The van der Waals surface area contributed by atoms with Crippen LogP contribution in [-0.2, 0) is 9.59 Å². The predicted octanol–water partition coefficient (Wildman–Crippen LogP) is 5.82. The van der Waals surface area contributed by atoms with Gasteiger partial charge in [-0.25, -0.2) is 0 Å². The summed E-state index contributed by atoms with van der Waals surface area (Å²) in [6, 6.07) is 0. The van der Waals surface area contributed by atoms with E-state index in [0.717, 1.165) is 25.7 Å². The van der Waals surface area contributed by atoms with Gasteiger partial charge in [0, 0.05) is 12.8 Å². The van der Waals surface area contributed by atoms with Crippen LogP contribution < -0.4 is 5.73 Å². The highest BCUT2D eigenvalue weighted by Gasteiger charge is 1.97. The number of carboxylic acid groups (broad SMARTS) is 1. The molecule has 0 fully saturated rings. The van der Waals surface area contributed by atoms with Gasteiger partial charge in [0.2, 0.25) is 5.91 Å². The third-order valence-corrected chi connectivity index (χ3v) is 4.06. The van der Waals surface area contributed by atoms with Gasteiger partial charge in [0.05, 0.1) is 0 Å². The molecule has 0 aliphatic rings. The SMILES string of the molecule is CC.NC(=O)CCCCCCCCCCCCCCCCC(=O)O. The fraction of sp³-hybridized carbons (Fsp3) is 0.900. The highest BCUT2D eigenvalue weighted by Crippen LogP contribution is 2.13. The van der Waals surface area contributed by atoms with E-state index in [1.54, 1.807) is 0 Å². The van der Waals surface area contributed by atoms with Crippen molar-refractivity contribution in [2.45, 2.75) is 117 Å². The van der Waals surface area contributed by atoms with Gasteiger partial charge in [0.1, 0.15) is 0 Å². The van der Waals surface area contributed by atoms with Crippen LogP contribution >= 0.6 is 0 Å². The van der Waals surface area contributed by atoms with Crippen molar-refractivity contribution in [1.29, 1.82) is 0 Å². The maximum atomic E-state index is 10.6. The summed E-state index contributed by atoms with van der Waals surface area (Å²) in [5.74, 6) is -0.852. The first-order valence-electron chi connectivity index (χ1n) is 10.1. The standard InChI is InChI=1S/C18H35NO3.C2H6/c19-17(20)15-13-11-9-7-5-3-1-2-4-6-8-10-12-14-16-18(21)22;1-2/h1-16H2,(H2,19,20)(H,21,22);1-2H3. The fourth-order valence-corrected chi connectivity index (χ4v) is 2.70. The number of aliphatic carboxylic acids is 1. The largest absolute Gasteiger partial charge is 0.481 e. The second-order valence-corrected chi connectivity index (χ2v) is 6.31. The molecule has 0 radical (unpaired) electrons. The minimum Gasteiger partial charge on any atom is -0.481 e. The van der Waals surface area contributed by atoms with Crippen molar-refractivity contribution in [2.75, 3.05) is 0 Å². The molecular formula is C20H41NO3. The van der Waals surface area contributed by atoms with E-state index in [1.807, 2.05) is 13.8 Å². The lowest BCUT2D eigenvalue weighted by atomic mass is 10.0. The fourth-order valence-electron chi connectivity index (χ4n) is 2.70. The maximum absolute atomic E-state index is 10.6. The Bertz CT molecular complexity index is 252. The zero-order chi connectivity index (χ0) is 18.5. The summed E-state index contributed by atoms with van der Waals surface area (Å²) in [4.78, 5) is 20.9. The van der Waals surface area contributed by atoms with E-state index in [0.29, 0.717) is 12.8 Å². The van der Waals surface area contributed by atoms with E-state index in [9.17, 15) is 9.59 Å². The number of carbonyl (C=O) groups excluding carboxylic acids is 1. The lowest BCUT2D eigenvalue weighted by molar-refractivity contribution is -0.137. The molecule has 144 valence electrons. The second kappa shape index (κ2) is 21.9. The number of carbonyl (C=O) groups is 2. The van der Waals surface area contributed by atoms with Crippen molar-refractivity contribution in [2.24, 2.45) is 5.73 Å². The van der Waals surface area contributed by atoms with Gasteiger partial charge in [-0.3, -0.25) is 9.59 Å². The number of amides is 1. The molecule has 1 amide bonds. The molecule has 4 nitrogen and oxygen atoms in total. The van der Waals surface area contributed by atoms with Crippen molar-refractivity contribution in [3.63, 3.8) is 0 Å². The number of primary amides is 1. The molecule has 0 heterocycles. The average molecular weight is 344 g/mol. The molecule has 0 aromatic heterocycles. The van der Waals surface area contributed by atoms with Crippen LogP contribution in [0.3, 0.4) is 0 Å². The summed E-state index contributed by atoms with van der Waals surface area (Å²) < 4.78 is 0. The molecule has 0 aromatic rings. The average Bonchev–Trinajstić information content (AvgIpc) is 2.55. The highest BCUT2D eigenvalue weighted by molar-refractivity contribution is 5.73. The lowest BCUT2D eigenvalue weighted by Gasteiger charge is -2.03. The lowest BCUT2D eigenvalue weighted by Crippen LogP contribution is -2.09. The van der Waals surface area contributed by atoms with Crippen LogP contribution in [0.2, 0.25) is 0 Å². The Kier molecular flexibility index (Phi) is 23.0. The Labute approximate surface area is 149 Å². The first kappa shape index (κ1) is 25.2. The number of hydrogen-bond donors (Lipinski definition) is 2. The van der Waals surface area contributed by atoms with Gasteiger partial charge in [0.25, 0.3) is 0 Å². The molecule has 0 aliphatic carbocycles. The van der Waals surface area contributed by atoms with Crippen LogP contribution in [0.15, 0.2) is 0 Å². The molecular weight excluding hydrogens is 302 g/mol. The Balaban J connectivity index is 0. The van der Waals surface area contributed by atoms with Crippen molar-refractivity contribution in [3.8, 4) is 0 Å². The van der Waals surface area contributed by atoms with Gasteiger partial charge in [0.15, 0.2) is 0 Å². The smallest absolute Gasteiger partial charge is 0.303 e. The van der Waals surface area contributed by atoms with Crippen LogP contribution in [0.25, 0.3) is 0 Å². The zero-order valence-electron chi connectivity index (χ0n) is 16.2. The summed E-state index contributed by atoms with van der Waals surface area (Å²) in [7, 11) is 0. The van der Waals surface area contributed by atoms with Crippen molar-refractivity contribution in [1.82, 2.24) is 0 Å². The van der Waals surface area contributed by atoms with Gasteiger partial charge >= 0.3 is 5.97 Å². The Hall–Kier alpha value is -1.06. The second-order valence-electron chi connectivity index (χ2n) is 6.31. The molecule has 0 unspecified atom stereocenters. The molecule has 24 heavy (non-hydrogen) atoms. The Morgan fingerprint density at radius 3 is 1.08 bits per heavy atom. The van der Waals surface area contributed by atoms with E-state index in [1.165, 1.54) is 64.2 Å². The van der Waals surface area contributed by atoms with Crippen LogP contribution in [-0.4, -0.2) is 17.0 Å². The van der Waals surface area contributed by atoms with E-state index in [4.69, 9.17) is 10.8 Å². The number of carboxylic acids is 1. The number of nitrogens with two attached hydrogens (primary N) is 1. The monoisotopic (exact) mass is 343 g/mol. The van der Waals surface area contributed by atoms with Gasteiger partial charge in [-0.15, -0.1) is 0 Å². The predicted molar refractivity (Wildman–Crippen MR) is 102 cm³/mol. The van der Waals surface area contributed by atoms with Gasteiger partial charge in [-0.2, -0.15) is 0 Å². The molecule has 0 atom stereocenters. The molecule has 0 spiro atoms. The minimum atomic E-state index is -0.673. The molecule has 0 bridgehead atoms. The minimum absolute atomic E-state index is 0.179. The topological polar surface area (TPSA) is 80.4 Å². The van der Waals surface area contributed by atoms with E-state index >= 15 is 0 Å². The highest BCUT2D eigenvalue weighted by atomic mass is 16.4. The number of rotatable bonds is 17. The van der Waals surface area contributed by atoms with E-state index in [-0.39, 0.29) is 5.91 Å².